The zero-order chi connectivity index (χ0) is 0. The summed E-state index contributed by atoms with van der Waals surface area (Å²) in [4.78, 5) is 0. The second-order valence-electron chi connectivity index (χ2n) is 0. The van der Waals surface area contributed by atoms with E-state index < -0.39 is 0 Å². The van der Waals surface area contributed by atoms with Crippen molar-refractivity contribution in [2.45, 2.75) is 0 Å². The molecule has 0 aromatic carbocycles. The van der Waals surface area contributed by atoms with Crippen LogP contribution in [0, 0.1) is 0 Å². The second-order valence-corrected chi connectivity index (χ2v) is 0. The molecule has 0 aliphatic rings. The van der Waals surface area contributed by atoms with Gasteiger partial charge in [-0.1, -0.05) is 0 Å². The fourth-order valence-corrected chi connectivity index (χ4v) is 0. The Morgan fingerprint density at radius 2 is 0.300 bits per heavy atom. The van der Waals surface area contributed by atoms with Crippen molar-refractivity contribution in [2.75, 3.05) is 0 Å². The van der Waals surface area contributed by atoms with Crippen molar-refractivity contribution in [3.8, 4) is 0 Å². The monoisotopic (exact) mass is 261 g/mol. The Kier molecular flexibility index (Phi) is 23700. The third-order valence-electron chi connectivity index (χ3n) is 0. The minimum Gasteiger partial charge on any atom is -0.412 e. The Morgan fingerprint density at radius 1 is 0.300 bits per heavy atom. The number of hydrogen-bond acceptors (Lipinski definition) is 0. The van der Waals surface area contributed by atoms with E-state index in [0.717, 1.165) is 0 Å². The Bertz CT molecular complexity index is 13.0. The standard InChI is InChI=1S/3ClH.6H2O.Sc/h3*1H;6*1H2;. The van der Waals surface area contributed by atoms with E-state index >= 15 is 0 Å². The molecule has 0 fully saturated rings. The molecular weight excluding hydrogens is 247 g/mol. The molecule has 0 amide bonds. The maximum atomic E-state index is 0. The minimum atomic E-state index is 0. The molecule has 0 atom stereocenters. The topological polar surface area (TPSA) is 189 Å². The van der Waals surface area contributed by atoms with E-state index in [1.165, 1.54) is 0 Å². The molecule has 0 rings (SSSR count). The number of rotatable bonds is 0. The molecule has 0 unspecified atom stereocenters. The van der Waals surface area contributed by atoms with Crippen molar-refractivity contribution in [3.05, 3.63) is 0 Å². The first kappa shape index (κ1) is 563. The van der Waals surface area contributed by atoms with Gasteiger partial charge in [-0.25, -0.2) is 0 Å². The minimum absolute atomic E-state index is 0. The molecule has 0 heterocycles. The zero-order valence-corrected chi connectivity index (χ0v) is 9.05. The molecule has 0 aliphatic heterocycles. The summed E-state index contributed by atoms with van der Waals surface area (Å²) < 4.78 is 0. The molecule has 0 saturated carbocycles. The normalized spacial score (nSPS) is 0. The van der Waals surface area contributed by atoms with Gasteiger partial charge in [0.25, 0.3) is 0 Å². The summed E-state index contributed by atoms with van der Waals surface area (Å²) in [7, 11) is 0. The first-order valence-electron chi connectivity index (χ1n) is 0. The van der Waals surface area contributed by atoms with Crippen LogP contribution >= 0.6 is 37.2 Å². The Hall–Kier alpha value is 1.50. The quantitative estimate of drug-likeness (QED) is 0.416. The van der Waals surface area contributed by atoms with Crippen LogP contribution in [-0.2, 0) is 25.8 Å². The summed E-state index contributed by atoms with van der Waals surface area (Å²) >= 11 is 0. The predicted molar refractivity (Wildman–Crippen MR) is 43.4 cm³/mol. The van der Waals surface area contributed by atoms with Crippen molar-refractivity contribution in [1.82, 2.24) is 0 Å². The number of hydrogen-bond donors (Lipinski definition) is 0. The maximum Gasteiger partial charge on any atom is 0 e. The summed E-state index contributed by atoms with van der Waals surface area (Å²) in [5.74, 6) is 0. The van der Waals surface area contributed by atoms with Gasteiger partial charge >= 0.3 is 0 Å². The molecule has 0 aromatic rings. The van der Waals surface area contributed by atoms with Crippen LogP contribution in [0.5, 0.6) is 0 Å². The third kappa shape index (κ3) is 305. The van der Waals surface area contributed by atoms with E-state index in [2.05, 4.69) is 0 Å². The fourth-order valence-electron chi connectivity index (χ4n) is 0. The second kappa shape index (κ2) is 421. The van der Waals surface area contributed by atoms with E-state index in [1.807, 2.05) is 0 Å². The maximum absolute atomic E-state index is 0. The van der Waals surface area contributed by atoms with Crippen LogP contribution in [0.15, 0.2) is 0 Å². The largest absolute Gasteiger partial charge is 0.412 e. The fraction of sp³-hybridized carbons (Fsp3) is 0. The molecule has 0 saturated heterocycles. The molecule has 75 valence electrons. The van der Waals surface area contributed by atoms with Crippen molar-refractivity contribution < 1.29 is 58.7 Å². The van der Waals surface area contributed by atoms with Gasteiger partial charge < -0.3 is 32.9 Å². The summed E-state index contributed by atoms with van der Waals surface area (Å²) in [6.07, 6.45) is 0. The Morgan fingerprint density at radius 3 is 0.300 bits per heavy atom. The van der Waals surface area contributed by atoms with Crippen LogP contribution in [-0.4, -0.2) is 32.9 Å². The van der Waals surface area contributed by atoms with E-state index in [1.54, 1.807) is 0 Å². The van der Waals surface area contributed by atoms with Crippen molar-refractivity contribution in [3.63, 3.8) is 0 Å². The van der Waals surface area contributed by atoms with E-state index in [4.69, 9.17) is 0 Å². The molecule has 0 spiro atoms. The Labute approximate surface area is 95.6 Å². The van der Waals surface area contributed by atoms with Crippen LogP contribution in [0.4, 0.5) is 0 Å². The smallest absolute Gasteiger partial charge is 0 e. The first-order valence-corrected chi connectivity index (χ1v) is 0. The summed E-state index contributed by atoms with van der Waals surface area (Å²) in [5.41, 5.74) is 0. The van der Waals surface area contributed by atoms with Crippen molar-refractivity contribution in [1.29, 1.82) is 0 Å². The van der Waals surface area contributed by atoms with Gasteiger partial charge in [-0.2, -0.15) is 0 Å². The zero-order valence-electron chi connectivity index (χ0n) is 4.80. The SMILES string of the molecule is Cl.Cl.Cl.O.O.O.O.O.O.[Sc]. The molecule has 10 heavy (non-hydrogen) atoms. The van der Waals surface area contributed by atoms with Gasteiger partial charge in [0.2, 0.25) is 0 Å². The van der Waals surface area contributed by atoms with Crippen LogP contribution in [0.3, 0.4) is 0 Å². The van der Waals surface area contributed by atoms with Gasteiger partial charge in [0.15, 0.2) is 0 Å². The molecule has 0 bridgehead atoms. The van der Waals surface area contributed by atoms with Crippen LogP contribution in [0.2, 0.25) is 0 Å². The molecule has 0 aromatic heterocycles. The van der Waals surface area contributed by atoms with Crippen LogP contribution in [0.25, 0.3) is 0 Å². The summed E-state index contributed by atoms with van der Waals surface area (Å²) in [5, 5.41) is 0. The average Bonchev–Trinajstić information content (AvgIpc) is 0. The first-order chi connectivity index (χ1) is 0. The van der Waals surface area contributed by atoms with Gasteiger partial charge in [-0.15, -0.1) is 37.2 Å². The molecule has 6 nitrogen and oxygen atoms in total. The average molecular weight is 262 g/mol. The number of halogens is 3. The molecular formula is H15Cl3O6Sc. The summed E-state index contributed by atoms with van der Waals surface area (Å²) in [6.45, 7) is 0. The third-order valence-corrected chi connectivity index (χ3v) is 0. The van der Waals surface area contributed by atoms with Crippen molar-refractivity contribution >= 4 is 37.2 Å². The van der Waals surface area contributed by atoms with Crippen LogP contribution in [0.1, 0.15) is 0 Å². The van der Waals surface area contributed by atoms with Gasteiger partial charge in [0.1, 0.15) is 0 Å². The molecule has 12 N–H and O–H groups in total. The van der Waals surface area contributed by atoms with E-state index in [-0.39, 0.29) is 95.9 Å². The van der Waals surface area contributed by atoms with Gasteiger partial charge in [0, 0.05) is 25.8 Å². The molecule has 1 radical (unpaired) electrons. The van der Waals surface area contributed by atoms with E-state index in [0.29, 0.717) is 0 Å². The van der Waals surface area contributed by atoms with Crippen LogP contribution < -0.4 is 0 Å². The molecule has 10 heteroatoms. The van der Waals surface area contributed by atoms with Gasteiger partial charge in [-0.05, 0) is 0 Å². The predicted octanol–water partition coefficient (Wildman–Crippen LogP) is -3.69. The van der Waals surface area contributed by atoms with Gasteiger partial charge in [0.05, 0.1) is 0 Å². The van der Waals surface area contributed by atoms with E-state index in [9.17, 15) is 0 Å². The summed E-state index contributed by atoms with van der Waals surface area (Å²) in [6, 6.07) is 0. The van der Waals surface area contributed by atoms with Gasteiger partial charge in [-0.3, -0.25) is 0 Å². The van der Waals surface area contributed by atoms with Crippen molar-refractivity contribution in [2.24, 2.45) is 0 Å². The Balaban J connectivity index is 0. The molecule has 0 aliphatic carbocycles.